The number of thioether (sulfide) groups is 1. The fourth-order valence-corrected chi connectivity index (χ4v) is 4.52. The Kier molecular flexibility index (Phi) is 8.17. The topological polar surface area (TPSA) is 123 Å². The van der Waals surface area contributed by atoms with Crippen LogP contribution in [0.5, 0.6) is 0 Å². The van der Waals surface area contributed by atoms with Crippen LogP contribution < -0.4 is 11.1 Å². The molecule has 1 aliphatic rings. The van der Waals surface area contributed by atoms with Crippen LogP contribution in [0.15, 0.2) is 54.6 Å². The molecule has 3 amide bonds. The minimum Gasteiger partial charge on any atom is -0.352 e. The van der Waals surface area contributed by atoms with Crippen molar-refractivity contribution in [3.05, 3.63) is 77.1 Å². The molecule has 1 aliphatic carbocycles. The molecule has 1 atom stereocenters. The van der Waals surface area contributed by atoms with Crippen molar-refractivity contribution in [1.82, 2.24) is 25.2 Å². The van der Waals surface area contributed by atoms with Gasteiger partial charge in [0.25, 0.3) is 11.8 Å². The quantitative estimate of drug-likeness (QED) is 0.433. The third kappa shape index (κ3) is 5.66. The maximum absolute atomic E-state index is 13.7. The normalized spacial score (nSPS) is 13.8. The van der Waals surface area contributed by atoms with Crippen molar-refractivity contribution < 1.29 is 14.4 Å². The van der Waals surface area contributed by atoms with Crippen molar-refractivity contribution in [3.8, 4) is 5.69 Å². The lowest BCUT2D eigenvalue weighted by Crippen LogP contribution is -2.49. The van der Waals surface area contributed by atoms with Crippen LogP contribution in [0, 0.1) is 0 Å². The Bertz CT molecular complexity index is 1220. The van der Waals surface area contributed by atoms with Crippen molar-refractivity contribution in [2.45, 2.75) is 44.0 Å². The second-order valence-corrected chi connectivity index (χ2v) is 9.54. The highest BCUT2D eigenvalue weighted by Gasteiger charge is 2.41. The van der Waals surface area contributed by atoms with E-state index in [1.165, 1.54) is 16.7 Å². The van der Waals surface area contributed by atoms with Crippen molar-refractivity contribution >= 4 is 29.5 Å². The van der Waals surface area contributed by atoms with E-state index in [9.17, 15) is 14.4 Å². The summed E-state index contributed by atoms with van der Waals surface area (Å²) in [4.78, 5) is 40.4. The van der Waals surface area contributed by atoms with Gasteiger partial charge in [0.2, 0.25) is 5.91 Å². The first-order chi connectivity index (χ1) is 17.4. The van der Waals surface area contributed by atoms with Gasteiger partial charge in [-0.2, -0.15) is 11.8 Å². The Morgan fingerprint density at radius 2 is 1.83 bits per heavy atom. The van der Waals surface area contributed by atoms with Crippen molar-refractivity contribution in [1.29, 1.82) is 0 Å². The first kappa shape index (κ1) is 25.6. The van der Waals surface area contributed by atoms with E-state index in [0.717, 1.165) is 18.4 Å². The first-order valence-corrected chi connectivity index (χ1v) is 13.3. The predicted molar refractivity (Wildman–Crippen MR) is 139 cm³/mol. The standard InChI is InChI=1S/C26H30N6O3S/c1-3-28-24(33)18-9-11-20(12-10-18)32-22(16-36-2)23(29-30-32)26(35)31(19-13-14-19)25(34)21(27)15-17-7-5-4-6-8-17/h4-12,19,21H,3,13-16,27H2,1-2H3,(H,28,33). The van der Waals surface area contributed by atoms with E-state index in [2.05, 4.69) is 15.6 Å². The Hall–Kier alpha value is -3.50. The summed E-state index contributed by atoms with van der Waals surface area (Å²) in [5, 5.41) is 11.2. The average Bonchev–Trinajstić information content (AvgIpc) is 3.63. The summed E-state index contributed by atoms with van der Waals surface area (Å²) in [5.74, 6) is -0.564. The summed E-state index contributed by atoms with van der Waals surface area (Å²) in [5.41, 5.74) is 9.13. The molecule has 2 aromatic carbocycles. The van der Waals surface area contributed by atoms with E-state index in [1.807, 2.05) is 43.5 Å². The molecule has 0 saturated heterocycles. The number of nitrogens with two attached hydrogens (primary N) is 1. The number of amides is 3. The third-order valence-electron chi connectivity index (χ3n) is 5.94. The van der Waals surface area contributed by atoms with Gasteiger partial charge in [-0.25, -0.2) is 4.68 Å². The van der Waals surface area contributed by atoms with Crippen LogP contribution >= 0.6 is 11.8 Å². The summed E-state index contributed by atoms with van der Waals surface area (Å²) < 4.78 is 1.59. The van der Waals surface area contributed by atoms with Crippen LogP contribution in [0.4, 0.5) is 0 Å². The maximum Gasteiger partial charge on any atom is 0.283 e. The zero-order valence-corrected chi connectivity index (χ0v) is 21.2. The van der Waals surface area contributed by atoms with E-state index in [0.29, 0.717) is 35.7 Å². The van der Waals surface area contributed by atoms with Crippen LogP contribution in [0.25, 0.3) is 5.69 Å². The van der Waals surface area contributed by atoms with Gasteiger partial charge < -0.3 is 11.1 Å². The van der Waals surface area contributed by atoms with Gasteiger partial charge in [0, 0.05) is 23.9 Å². The molecule has 3 N–H and O–H groups in total. The lowest BCUT2D eigenvalue weighted by atomic mass is 10.1. The van der Waals surface area contributed by atoms with Gasteiger partial charge in [0.15, 0.2) is 5.69 Å². The molecule has 1 saturated carbocycles. The fourth-order valence-electron chi connectivity index (χ4n) is 3.98. The van der Waals surface area contributed by atoms with Crippen molar-refractivity contribution in [3.63, 3.8) is 0 Å². The minimum absolute atomic E-state index is 0.143. The molecule has 1 unspecified atom stereocenters. The first-order valence-electron chi connectivity index (χ1n) is 11.9. The molecular weight excluding hydrogens is 476 g/mol. The van der Waals surface area contributed by atoms with Gasteiger partial charge in [-0.15, -0.1) is 5.10 Å². The second-order valence-electron chi connectivity index (χ2n) is 8.68. The van der Waals surface area contributed by atoms with Crippen LogP contribution in [-0.2, 0) is 17.0 Å². The SMILES string of the molecule is CCNC(=O)c1ccc(-n2nnc(C(=O)N(C(=O)C(N)Cc3ccccc3)C3CC3)c2CSC)cc1. The molecule has 188 valence electrons. The lowest BCUT2D eigenvalue weighted by molar-refractivity contribution is -0.130. The summed E-state index contributed by atoms with van der Waals surface area (Å²) in [7, 11) is 0. The Morgan fingerprint density at radius 1 is 1.14 bits per heavy atom. The monoisotopic (exact) mass is 506 g/mol. The number of aromatic nitrogens is 3. The Labute approximate surface area is 214 Å². The molecule has 0 radical (unpaired) electrons. The van der Waals surface area contributed by atoms with Crippen LogP contribution in [-0.4, -0.2) is 62.5 Å². The van der Waals surface area contributed by atoms with Crippen LogP contribution in [0.3, 0.4) is 0 Å². The van der Waals surface area contributed by atoms with E-state index in [4.69, 9.17) is 5.73 Å². The molecule has 1 fully saturated rings. The van der Waals surface area contributed by atoms with Crippen LogP contribution in [0.2, 0.25) is 0 Å². The number of hydrogen-bond acceptors (Lipinski definition) is 7. The number of carbonyl (C=O) groups excluding carboxylic acids is 3. The molecule has 10 heteroatoms. The van der Waals surface area contributed by atoms with E-state index >= 15 is 0 Å². The minimum atomic E-state index is -0.835. The fraction of sp³-hybridized carbons (Fsp3) is 0.346. The molecule has 1 aromatic heterocycles. The summed E-state index contributed by atoms with van der Waals surface area (Å²) in [6, 6.07) is 15.4. The Morgan fingerprint density at radius 3 is 2.44 bits per heavy atom. The molecule has 9 nitrogen and oxygen atoms in total. The largest absolute Gasteiger partial charge is 0.352 e. The number of imide groups is 1. The highest BCUT2D eigenvalue weighted by Crippen LogP contribution is 2.30. The lowest BCUT2D eigenvalue weighted by Gasteiger charge is -2.23. The average molecular weight is 507 g/mol. The van der Waals surface area contributed by atoms with E-state index in [1.54, 1.807) is 28.9 Å². The second kappa shape index (κ2) is 11.5. The maximum atomic E-state index is 13.7. The smallest absolute Gasteiger partial charge is 0.283 e. The van der Waals surface area contributed by atoms with E-state index < -0.39 is 17.9 Å². The molecule has 1 heterocycles. The molecule has 0 bridgehead atoms. The molecule has 4 rings (SSSR count). The van der Waals surface area contributed by atoms with Gasteiger partial charge >= 0.3 is 0 Å². The van der Waals surface area contributed by atoms with Crippen LogP contribution in [0.1, 0.15) is 51.9 Å². The number of rotatable bonds is 10. The third-order valence-corrected chi connectivity index (χ3v) is 6.50. The predicted octanol–water partition coefficient (Wildman–Crippen LogP) is 2.58. The van der Waals surface area contributed by atoms with E-state index in [-0.39, 0.29) is 17.6 Å². The summed E-state index contributed by atoms with van der Waals surface area (Å²) in [6.07, 6.45) is 3.77. The molecule has 0 aliphatic heterocycles. The number of nitrogens with one attached hydrogen (secondary N) is 1. The molecular formula is C26H30N6O3S. The molecule has 36 heavy (non-hydrogen) atoms. The van der Waals surface area contributed by atoms with Gasteiger partial charge in [0.05, 0.1) is 17.4 Å². The Balaban J connectivity index is 1.60. The zero-order valence-electron chi connectivity index (χ0n) is 20.4. The summed E-state index contributed by atoms with van der Waals surface area (Å²) in [6.45, 7) is 2.40. The van der Waals surface area contributed by atoms with Gasteiger partial charge in [-0.3, -0.25) is 19.3 Å². The van der Waals surface area contributed by atoms with Gasteiger partial charge in [0.1, 0.15) is 0 Å². The molecule has 0 spiro atoms. The van der Waals surface area contributed by atoms with Crippen molar-refractivity contribution in [2.24, 2.45) is 5.73 Å². The highest BCUT2D eigenvalue weighted by atomic mass is 32.2. The highest BCUT2D eigenvalue weighted by molar-refractivity contribution is 7.97. The van der Waals surface area contributed by atoms with Gasteiger partial charge in [-0.1, -0.05) is 35.5 Å². The number of carbonyl (C=O) groups is 3. The summed E-state index contributed by atoms with van der Waals surface area (Å²) >= 11 is 1.52. The number of nitrogens with zero attached hydrogens (tertiary/aromatic N) is 4. The zero-order chi connectivity index (χ0) is 25.7. The van der Waals surface area contributed by atoms with Crippen molar-refractivity contribution in [2.75, 3.05) is 12.8 Å². The molecule has 3 aromatic rings. The van der Waals surface area contributed by atoms with Gasteiger partial charge in [-0.05, 0) is 62.3 Å². The number of hydrogen-bond donors (Lipinski definition) is 2. The number of benzene rings is 2.